The molecule has 0 fully saturated rings. The largest absolute Gasteiger partial charge is 0.361 e. The number of unbranched alkanes of at least 4 members (excludes halogenated alkanes) is 1. The van der Waals surface area contributed by atoms with Gasteiger partial charge in [0.1, 0.15) is 5.66 Å². The molecule has 0 saturated heterocycles. The third kappa shape index (κ3) is 3.88. The highest BCUT2D eigenvalue weighted by molar-refractivity contribution is 6.36. The summed E-state index contributed by atoms with van der Waals surface area (Å²) in [6.45, 7) is 1.99. The number of nitrogens with zero attached hydrogens (tertiary/aromatic N) is 1. The zero-order valence-electron chi connectivity index (χ0n) is 14.4. The lowest BCUT2D eigenvalue weighted by molar-refractivity contribution is 0.0598. The van der Waals surface area contributed by atoms with Crippen molar-refractivity contribution >= 4 is 52.1 Å². The molecule has 7 heteroatoms. The van der Waals surface area contributed by atoms with Gasteiger partial charge in [0.15, 0.2) is 0 Å². The van der Waals surface area contributed by atoms with Gasteiger partial charge < -0.3 is 5.32 Å². The molecule has 1 unspecified atom stereocenters. The Balaban J connectivity index is 1.95. The standard InChI is InChI=1S/C19H20Cl3N3O/c1-19(10-4-5-11-20)23-16-7-3-2-6-14(16)18(26)25(19)24-17-9-8-13(21)12-15(17)22/h2-3,6-9,12,23-24H,4-5,10-11H2,1H3. The van der Waals surface area contributed by atoms with E-state index in [4.69, 9.17) is 34.8 Å². The van der Waals surface area contributed by atoms with E-state index in [1.54, 1.807) is 29.3 Å². The molecule has 1 heterocycles. The Morgan fingerprint density at radius 2 is 1.92 bits per heavy atom. The molecule has 26 heavy (non-hydrogen) atoms. The van der Waals surface area contributed by atoms with Gasteiger partial charge in [-0.3, -0.25) is 10.2 Å². The van der Waals surface area contributed by atoms with Crippen molar-refractivity contribution in [3.63, 3.8) is 0 Å². The number of hydrogen-bond donors (Lipinski definition) is 2. The van der Waals surface area contributed by atoms with Crippen LogP contribution in [0, 0.1) is 0 Å². The minimum Gasteiger partial charge on any atom is -0.361 e. The van der Waals surface area contributed by atoms with Crippen LogP contribution in [0.4, 0.5) is 11.4 Å². The molecule has 2 N–H and O–H groups in total. The summed E-state index contributed by atoms with van der Waals surface area (Å²) >= 11 is 18.1. The van der Waals surface area contributed by atoms with Gasteiger partial charge in [-0.05, 0) is 56.5 Å². The van der Waals surface area contributed by atoms with Crippen LogP contribution >= 0.6 is 34.8 Å². The maximum absolute atomic E-state index is 13.2. The number of alkyl halides is 1. The summed E-state index contributed by atoms with van der Waals surface area (Å²) in [5, 5.41) is 6.10. The number of fused-ring (bicyclic) bond motifs is 1. The molecule has 2 aromatic rings. The number of hydrazine groups is 1. The third-order valence-electron chi connectivity index (χ3n) is 4.47. The highest BCUT2D eigenvalue weighted by atomic mass is 35.5. The second kappa shape index (κ2) is 7.95. The Morgan fingerprint density at radius 3 is 2.65 bits per heavy atom. The summed E-state index contributed by atoms with van der Waals surface area (Å²) in [7, 11) is 0. The maximum Gasteiger partial charge on any atom is 0.276 e. The van der Waals surface area contributed by atoms with Gasteiger partial charge in [-0.15, -0.1) is 11.6 Å². The van der Waals surface area contributed by atoms with Crippen molar-refractivity contribution in [3.8, 4) is 0 Å². The molecule has 3 rings (SSSR count). The number of rotatable bonds is 6. The Hall–Kier alpha value is -1.62. The summed E-state index contributed by atoms with van der Waals surface area (Å²) in [4.78, 5) is 13.2. The number of carbonyl (C=O) groups excluding carboxylic acids is 1. The quantitative estimate of drug-likeness (QED) is 0.451. The van der Waals surface area contributed by atoms with Crippen molar-refractivity contribution in [3.05, 3.63) is 58.1 Å². The van der Waals surface area contributed by atoms with Gasteiger partial charge in [-0.1, -0.05) is 35.3 Å². The van der Waals surface area contributed by atoms with E-state index in [9.17, 15) is 4.79 Å². The van der Waals surface area contributed by atoms with Crippen LogP contribution in [0.1, 0.15) is 36.5 Å². The summed E-state index contributed by atoms with van der Waals surface area (Å²) in [6.07, 6.45) is 2.50. The van der Waals surface area contributed by atoms with Crippen molar-refractivity contribution in [1.29, 1.82) is 0 Å². The zero-order valence-corrected chi connectivity index (χ0v) is 16.6. The number of benzene rings is 2. The SMILES string of the molecule is CC1(CCCCCl)Nc2ccccc2C(=O)N1Nc1ccc(Cl)cc1Cl. The Kier molecular flexibility index (Phi) is 5.86. The van der Waals surface area contributed by atoms with Crippen LogP contribution in [-0.4, -0.2) is 22.5 Å². The summed E-state index contributed by atoms with van der Waals surface area (Å²) in [5.74, 6) is 0.482. The van der Waals surface area contributed by atoms with Crippen molar-refractivity contribution in [2.45, 2.75) is 31.8 Å². The lowest BCUT2D eigenvalue weighted by atomic mass is 9.97. The molecule has 1 amide bonds. The Bertz CT molecular complexity index is 814. The minimum atomic E-state index is -0.625. The molecule has 0 spiro atoms. The van der Waals surface area contributed by atoms with Gasteiger partial charge in [0, 0.05) is 16.6 Å². The molecular formula is C19H20Cl3N3O. The van der Waals surface area contributed by atoms with Crippen LogP contribution in [0.15, 0.2) is 42.5 Å². The normalized spacial score (nSPS) is 19.1. The summed E-state index contributed by atoms with van der Waals surface area (Å²) in [5.41, 5.74) is 4.61. The molecule has 0 aromatic heterocycles. The highest BCUT2D eigenvalue weighted by Crippen LogP contribution is 2.36. The van der Waals surface area contributed by atoms with Crippen LogP contribution in [0.25, 0.3) is 0 Å². The molecule has 0 bridgehead atoms. The van der Waals surface area contributed by atoms with Crippen molar-refractivity contribution in [1.82, 2.24) is 5.01 Å². The number of halogens is 3. The van der Waals surface area contributed by atoms with Crippen molar-refractivity contribution in [2.75, 3.05) is 16.6 Å². The van der Waals surface area contributed by atoms with E-state index in [0.717, 1.165) is 24.9 Å². The predicted molar refractivity (Wildman–Crippen MR) is 109 cm³/mol. The molecule has 4 nitrogen and oxygen atoms in total. The highest BCUT2D eigenvalue weighted by Gasteiger charge is 2.41. The van der Waals surface area contributed by atoms with E-state index in [1.807, 2.05) is 25.1 Å². The molecule has 0 radical (unpaired) electrons. The number of amides is 1. The van der Waals surface area contributed by atoms with Gasteiger partial charge in [0.2, 0.25) is 0 Å². The fourth-order valence-electron chi connectivity index (χ4n) is 3.08. The molecule has 2 aromatic carbocycles. The van der Waals surface area contributed by atoms with E-state index in [2.05, 4.69) is 10.7 Å². The predicted octanol–water partition coefficient (Wildman–Crippen LogP) is 6.01. The van der Waals surface area contributed by atoms with Crippen LogP contribution in [0.5, 0.6) is 0 Å². The molecule has 1 aliphatic heterocycles. The van der Waals surface area contributed by atoms with E-state index in [-0.39, 0.29) is 5.91 Å². The van der Waals surface area contributed by atoms with E-state index in [1.165, 1.54) is 0 Å². The van der Waals surface area contributed by atoms with Gasteiger partial charge in [-0.2, -0.15) is 0 Å². The minimum absolute atomic E-state index is 0.112. The lowest BCUT2D eigenvalue weighted by Crippen LogP contribution is -2.60. The first kappa shape index (κ1) is 19.2. The first-order valence-electron chi connectivity index (χ1n) is 8.44. The average Bonchev–Trinajstić information content (AvgIpc) is 2.60. The zero-order chi connectivity index (χ0) is 18.7. The smallest absolute Gasteiger partial charge is 0.276 e. The van der Waals surface area contributed by atoms with Crippen LogP contribution in [0.2, 0.25) is 10.0 Å². The topological polar surface area (TPSA) is 44.4 Å². The van der Waals surface area contributed by atoms with Crippen molar-refractivity contribution < 1.29 is 4.79 Å². The molecule has 1 aliphatic rings. The summed E-state index contributed by atoms with van der Waals surface area (Å²) in [6, 6.07) is 12.6. The maximum atomic E-state index is 13.2. The first-order valence-corrected chi connectivity index (χ1v) is 9.73. The summed E-state index contributed by atoms with van der Waals surface area (Å²) < 4.78 is 0. The average molecular weight is 413 g/mol. The Labute approximate surface area is 168 Å². The number of anilines is 2. The number of para-hydroxylation sites is 1. The van der Waals surface area contributed by atoms with Gasteiger partial charge >= 0.3 is 0 Å². The van der Waals surface area contributed by atoms with E-state index in [0.29, 0.717) is 27.2 Å². The fourth-order valence-corrected chi connectivity index (χ4v) is 3.72. The van der Waals surface area contributed by atoms with Gasteiger partial charge in [-0.25, -0.2) is 5.01 Å². The van der Waals surface area contributed by atoms with E-state index < -0.39 is 5.66 Å². The molecule has 138 valence electrons. The number of nitrogens with one attached hydrogen (secondary N) is 2. The monoisotopic (exact) mass is 411 g/mol. The number of carbonyl (C=O) groups is 1. The van der Waals surface area contributed by atoms with Crippen LogP contribution < -0.4 is 10.7 Å². The molecule has 0 aliphatic carbocycles. The first-order chi connectivity index (χ1) is 12.4. The number of hydrogen-bond acceptors (Lipinski definition) is 3. The molecular weight excluding hydrogens is 393 g/mol. The molecule has 0 saturated carbocycles. The second-order valence-corrected chi connectivity index (χ2v) is 7.69. The van der Waals surface area contributed by atoms with E-state index >= 15 is 0 Å². The lowest BCUT2D eigenvalue weighted by Gasteiger charge is -2.46. The van der Waals surface area contributed by atoms with Crippen LogP contribution in [0.3, 0.4) is 0 Å². The van der Waals surface area contributed by atoms with Gasteiger partial charge in [0.05, 0.1) is 16.3 Å². The fraction of sp³-hybridized carbons (Fsp3) is 0.316. The second-order valence-electron chi connectivity index (χ2n) is 6.47. The third-order valence-corrected chi connectivity index (χ3v) is 5.28. The van der Waals surface area contributed by atoms with Crippen molar-refractivity contribution in [2.24, 2.45) is 0 Å². The van der Waals surface area contributed by atoms with Gasteiger partial charge in [0.25, 0.3) is 5.91 Å². The Morgan fingerprint density at radius 1 is 1.15 bits per heavy atom. The molecule has 1 atom stereocenters. The van der Waals surface area contributed by atoms with Crippen LogP contribution in [-0.2, 0) is 0 Å².